The van der Waals surface area contributed by atoms with Crippen molar-refractivity contribution in [2.45, 2.75) is 13.0 Å². The molecule has 0 spiro atoms. The Morgan fingerprint density at radius 2 is 2.04 bits per heavy atom. The smallest absolute Gasteiger partial charge is 0.257 e. The van der Waals surface area contributed by atoms with Crippen molar-refractivity contribution in [2.24, 2.45) is 11.8 Å². The van der Waals surface area contributed by atoms with Crippen LogP contribution in [0.2, 0.25) is 0 Å². The summed E-state index contributed by atoms with van der Waals surface area (Å²) in [6, 6.07) is 10.9. The molecule has 1 aromatic carbocycles. The number of likely N-dealkylation sites (tertiary alicyclic amines) is 2. The van der Waals surface area contributed by atoms with Crippen LogP contribution in [0.3, 0.4) is 0 Å². The number of pyridine rings is 1. The van der Waals surface area contributed by atoms with Gasteiger partial charge in [0.15, 0.2) is 0 Å². The molecule has 2 fully saturated rings. The molecule has 0 radical (unpaired) electrons. The van der Waals surface area contributed by atoms with E-state index in [1.165, 1.54) is 6.07 Å². The van der Waals surface area contributed by atoms with E-state index in [1.807, 2.05) is 36.2 Å². The molecule has 2 aromatic heterocycles. The van der Waals surface area contributed by atoms with E-state index in [4.69, 9.17) is 0 Å². The van der Waals surface area contributed by atoms with Gasteiger partial charge in [-0.3, -0.25) is 9.69 Å². The second-order valence-electron chi connectivity index (χ2n) is 8.12. The van der Waals surface area contributed by atoms with Crippen molar-refractivity contribution in [3.63, 3.8) is 0 Å². The highest BCUT2D eigenvalue weighted by molar-refractivity contribution is 6.01. The van der Waals surface area contributed by atoms with Crippen LogP contribution in [0.5, 0.6) is 0 Å². The molecule has 0 N–H and O–H groups in total. The van der Waals surface area contributed by atoms with Gasteiger partial charge in [-0.05, 0) is 49.2 Å². The third-order valence-electron chi connectivity index (χ3n) is 6.34. The zero-order chi connectivity index (χ0) is 19.4. The Balaban J connectivity index is 1.43. The van der Waals surface area contributed by atoms with Crippen molar-refractivity contribution in [1.29, 1.82) is 0 Å². The fraction of sp³-hybridized carbons (Fsp3) is 0.364. The third kappa shape index (κ3) is 2.63. The highest BCUT2D eigenvalue weighted by atomic mass is 19.1. The van der Waals surface area contributed by atoms with Gasteiger partial charge in [0.1, 0.15) is 5.82 Å². The monoisotopic (exact) mass is 378 g/mol. The number of aryl methyl sites for hydroxylation is 1. The molecular weight excluding hydrogens is 355 g/mol. The van der Waals surface area contributed by atoms with Gasteiger partial charge >= 0.3 is 0 Å². The summed E-state index contributed by atoms with van der Waals surface area (Å²) in [5.41, 5.74) is 3.58. The summed E-state index contributed by atoms with van der Waals surface area (Å²) in [6.07, 6.45) is 3.54. The second-order valence-corrected chi connectivity index (χ2v) is 8.12. The average Bonchev–Trinajstić information content (AvgIpc) is 3.34. The summed E-state index contributed by atoms with van der Waals surface area (Å²) < 4.78 is 15.5. The van der Waals surface area contributed by atoms with Gasteiger partial charge in [0, 0.05) is 37.8 Å². The van der Waals surface area contributed by atoms with Gasteiger partial charge in [0.05, 0.1) is 17.3 Å². The van der Waals surface area contributed by atoms with E-state index < -0.39 is 0 Å². The number of benzene rings is 1. The number of nitrogens with zero attached hydrogens (tertiary/aromatic N) is 4. The predicted octanol–water partition coefficient (Wildman–Crippen LogP) is 3.16. The SMILES string of the molecule is Cc1cccn2ncc(C(=O)N3C[C@@H]4CN(C)[C@@H](c5cccc(F)c5)[C@@H]4C3)c12. The number of rotatable bonds is 2. The molecule has 6 heteroatoms. The fourth-order valence-corrected chi connectivity index (χ4v) is 5.16. The van der Waals surface area contributed by atoms with E-state index in [2.05, 4.69) is 17.0 Å². The molecule has 5 nitrogen and oxygen atoms in total. The zero-order valence-corrected chi connectivity index (χ0v) is 16.0. The molecule has 0 saturated carbocycles. The minimum absolute atomic E-state index is 0.0411. The Morgan fingerprint density at radius 1 is 1.18 bits per heavy atom. The zero-order valence-electron chi connectivity index (χ0n) is 16.0. The fourth-order valence-electron chi connectivity index (χ4n) is 5.16. The summed E-state index contributed by atoms with van der Waals surface area (Å²) in [5.74, 6) is 0.560. The molecule has 5 rings (SSSR count). The van der Waals surface area contributed by atoms with E-state index in [9.17, 15) is 9.18 Å². The summed E-state index contributed by atoms with van der Waals surface area (Å²) in [4.78, 5) is 17.5. The Hall–Kier alpha value is -2.73. The largest absolute Gasteiger partial charge is 0.338 e. The molecule has 2 aliphatic heterocycles. The van der Waals surface area contributed by atoms with Crippen LogP contribution in [0.25, 0.3) is 5.52 Å². The number of halogens is 1. The molecule has 3 aromatic rings. The van der Waals surface area contributed by atoms with Crippen LogP contribution in [0.1, 0.15) is 27.5 Å². The van der Waals surface area contributed by atoms with Crippen LogP contribution in [0.4, 0.5) is 4.39 Å². The van der Waals surface area contributed by atoms with Crippen LogP contribution in [0.15, 0.2) is 48.8 Å². The lowest BCUT2D eigenvalue weighted by molar-refractivity contribution is 0.0769. The van der Waals surface area contributed by atoms with Crippen LogP contribution in [-0.4, -0.2) is 52.0 Å². The lowest BCUT2D eigenvalue weighted by atomic mass is 9.89. The van der Waals surface area contributed by atoms with Crippen LogP contribution >= 0.6 is 0 Å². The number of amides is 1. The van der Waals surface area contributed by atoms with Gasteiger partial charge in [-0.2, -0.15) is 5.10 Å². The van der Waals surface area contributed by atoms with Crippen molar-refractivity contribution in [3.05, 3.63) is 71.3 Å². The highest BCUT2D eigenvalue weighted by Gasteiger charge is 2.47. The van der Waals surface area contributed by atoms with Gasteiger partial charge in [-0.1, -0.05) is 18.2 Å². The van der Waals surface area contributed by atoms with E-state index in [0.29, 0.717) is 23.9 Å². The molecule has 2 saturated heterocycles. The number of carbonyl (C=O) groups is 1. The third-order valence-corrected chi connectivity index (χ3v) is 6.34. The molecule has 1 amide bonds. The van der Waals surface area contributed by atoms with Gasteiger partial charge < -0.3 is 4.90 Å². The van der Waals surface area contributed by atoms with Gasteiger partial charge in [-0.15, -0.1) is 0 Å². The van der Waals surface area contributed by atoms with Gasteiger partial charge in [-0.25, -0.2) is 8.91 Å². The van der Waals surface area contributed by atoms with E-state index in [0.717, 1.165) is 29.7 Å². The predicted molar refractivity (Wildman–Crippen MR) is 105 cm³/mol. The van der Waals surface area contributed by atoms with E-state index >= 15 is 0 Å². The van der Waals surface area contributed by atoms with E-state index in [-0.39, 0.29) is 17.8 Å². The summed E-state index contributed by atoms with van der Waals surface area (Å²) in [7, 11) is 2.09. The maximum atomic E-state index is 13.8. The number of aromatic nitrogens is 2. The second kappa shape index (κ2) is 6.41. The number of hydrogen-bond acceptors (Lipinski definition) is 3. The molecule has 0 aliphatic carbocycles. The van der Waals surface area contributed by atoms with Crippen LogP contribution < -0.4 is 0 Å². The first-order valence-electron chi connectivity index (χ1n) is 9.71. The van der Waals surface area contributed by atoms with Crippen molar-refractivity contribution in [2.75, 3.05) is 26.7 Å². The molecular formula is C22H23FN4O. The van der Waals surface area contributed by atoms with Gasteiger partial charge in [0.2, 0.25) is 0 Å². The topological polar surface area (TPSA) is 40.9 Å². The van der Waals surface area contributed by atoms with Crippen LogP contribution in [-0.2, 0) is 0 Å². The first-order valence-corrected chi connectivity index (χ1v) is 9.71. The minimum Gasteiger partial charge on any atom is -0.338 e. The number of fused-ring (bicyclic) bond motifs is 2. The lowest BCUT2D eigenvalue weighted by Crippen LogP contribution is -2.33. The molecule has 2 aliphatic rings. The first-order chi connectivity index (χ1) is 13.5. The molecule has 3 atom stereocenters. The molecule has 4 heterocycles. The molecule has 28 heavy (non-hydrogen) atoms. The number of hydrogen-bond donors (Lipinski definition) is 0. The Kier molecular flexibility index (Phi) is 3.98. The summed E-state index contributed by atoms with van der Waals surface area (Å²) in [6.45, 7) is 4.35. The quantitative estimate of drug-likeness (QED) is 0.688. The Morgan fingerprint density at radius 3 is 2.86 bits per heavy atom. The lowest BCUT2D eigenvalue weighted by Gasteiger charge is -2.27. The van der Waals surface area contributed by atoms with Gasteiger partial charge in [0.25, 0.3) is 5.91 Å². The Bertz CT molecular complexity index is 1060. The van der Waals surface area contributed by atoms with Crippen molar-refractivity contribution < 1.29 is 9.18 Å². The summed E-state index contributed by atoms with van der Waals surface area (Å²) in [5, 5.41) is 4.35. The normalized spacial score (nSPS) is 24.8. The van der Waals surface area contributed by atoms with E-state index in [1.54, 1.807) is 22.8 Å². The standard InChI is InChI=1S/C22H23FN4O/c1-14-5-4-8-27-20(14)18(10-24-27)22(28)26-12-16-11-25(2)21(19(16)13-26)15-6-3-7-17(23)9-15/h3-10,16,19,21H,11-13H2,1-2H3/t16-,19+,21-/m0/s1. The van der Waals surface area contributed by atoms with Crippen LogP contribution in [0, 0.1) is 24.6 Å². The highest BCUT2D eigenvalue weighted by Crippen LogP contribution is 2.44. The summed E-state index contributed by atoms with van der Waals surface area (Å²) >= 11 is 0. The maximum absolute atomic E-state index is 13.8. The maximum Gasteiger partial charge on any atom is 0.257 e. The molecule has 144 valence electrons. The van der Waals surface area contributed by atoms with Crippen molar-refractivity contribution in [3.8, 4) is 0 Å². The minimum atomic E-state index is -0.206. The first kappa shape index (κ1) is 17.4. The Labute approximate surface area is 163 Å². The van der Waals surface area contributed by atoms with Crippen molar-refractivity contribution in [1.82, 2.24) is 19.4 Å². The van der Waals surface area contributed by atoms with Crippen molar-refractivity contribution >= 4 is 11.4 Å². The molecule has 0 bridgehead atoms. The average molecular weight is 378 g/mol. The molecule has 0 unspecified atom stereocenters. The number of carbonyl (C=O) groups excluding carboxylic acids is 1.